The predicted molar refractivity (Wildman–Crippen MR) is 67.9 cm³/mol. The van der Waals surface area contributed by atoms with E-state index in [1.54, 1.807) is 0 Å². The van der Waals surface area contributed by atoms with Crippen molar-refractivity contribution in [1.29, 1.82) is 0 Å². The molecule has 112 valence electrons. The van der Waals surface area contributed by atoms with Crippen molar-refractivity contribution in [3.05, 3.63) is 35.4 Å². The molecule has 0 spiro atoms. The minimum absolute atomic E-state index is 0.344. The van der Waals surface area contributed by atoms with Crippen LogP contribution in [0.2, 0.25) is 0 Å². The van der Waals surface area contributed by atoms with Crippen molar-refractivity contribution in [3.63, 3.8) is 0 Å². The highest BCUT2D eigenvalue weighted by atomic mass is 19.4. The van der Waals surface area contributed by atoms with Crippen LogP contribution < -0.4 is 11.1 Å². The van der Waals surface area contributed by atoms with Gasteiger partial charge in [-0.15, -0.1) is 0 Å². The molecule has 0 aliphatic rings. The molecule has 1 aromatic carbocycles. The highest BCUT2D eigenvalue weighted by Gasteiger charge is 2.34. The molecule has 4 nitrogen and oxygen atoms in total. The van der Waals surface area contributed by atoms with Crippen molar-refractivity contribution in [3.8, 4) is 0 Å². The Labute approximate surface area is 115 Å². The van der Waals surface area contributed by atoms with Gasteiger partial charge in [-0.2, -0.15) is 13.2 Å². The van der Waals surface area contributed by atoms with E-state index in [-0.39, 0.29) is 0 Å². The number of alkyl halides is 3. The van der Waals surface area contributed by atoms with E-state index in [0.29, 0.717) is 18.7 Å². The number of nitrogens with two attached hydrogens (primary N) is 1. The largest absolute Gasteiger partial charge is 0.416 e. The van der Waals surface area contributed by atoms with Crippen LogP contribution in [0.15, 0.2) is 24.3 Å². The van der Waals surface area contributed by atoms with Gasteiger partial charge >= 0.3 is 6.18 Å². The van der Waals surface area contributed by atoms with Gasteiger partial charge in [0.25, 0.3) is 0 Å². The lowest BCUT2D eigenvalue weighted by Gasteiger charge is -2.28. The summed E-state index contributed by atoms with van der Waals surface area (Å²) in [5.74, 6) is -0.673. The molecule has 0 aliphatic carbocycles. The molecule has 7 heteroatoms. The number of carbonyl (C=O) groups is 1. The first-order chi connectivity index (χ1) is 9.21. The van der Waals surface area contributed by atoms with Crippen molar-refractivity contribution in [1.82, 2.24) is 5.32 Å². The predicted octanol–water partition coefficient (Wildman–Crippen LogP) is 1.64. The Morgan fingerprint density at radius 2 is 1.75 bits per heavy atom. The molecular formula is C13H17F3N2O2. The molecule has 0 saturated carbocycles. The fourth-order valence-electron chi connectivity index (χ4n) is 1.73. The van der Waals surface area contributed by atoms with Gasteiger partial charge in [0, 0.05) is 13.7 Å². The fraction of sp³-hybridized carbons (Fsp3) is 0.462. The summed E-state index contributed by atoms with van der Waals surface area (Å²) in [5.41, 5.74) is 3.69. The molecular weight excluding hydrogens is 273 g/mol. The lowest BCUT2D eigenvalue weighted by Crippen LogP contribution is -2.51. The van der Waals surface area contributed by atoms with Crippen LogP contribution in [0.25, 0.3) is 0 Å². The third kappa shape index (κ3) is 3.71. The van der Waals surface area contributed by atoms with E-state index >= 15 is 0 Å². The SMILES string of the molecule is COCCNC(C)(C(N)=O)c1ccc(C(F)(F)F)cc1. The van der Waals surface area contributed by atoms with Gasteiger partial charge in [-0.25, -0.2) is 0 Å². The van der Waals surface area contributed by atoms with Crippen LogP contribution in [0.5, 0.6) is 0 Å². The second kappa shape index (κ2) is 6.23. The fourth-order valence-corrected chi connectivity index (χ4v) is 1.73. The molecule has 0 aromatic heterocycles. The molecule has 1 aromatic rings. The Kier molecular flexibility index (Phi) is 5.13. The molecule has 1 rings (SSSR count). The van der Waals surface area contributed by atoms with Crippen LogP contribution in [0.3, 0.4) is 0 Å². The van der Waals surface area contributed by atoms with Gasteiger partial charge < -0.3 is 10.5 Å². The van der Waals surface area contributed by atoms with E-state index < -0.39 is 23.2 Å². The van der Waals surface area contributed by atoms with Gasteiger partial charge in [-0.3, -0.25) is 10.1 Å². The summed E-state index contributed by atoms with van der Waals surface area (Å²) in [6.45, 7) is 2.22. The first-order valence-electron chi connectivity index (χ1n) is 5.93. The summed E-state index contributed by atoms with van der Waals surface area (Å²) in [7, 11) is 1.50. The highest BCUT2D eigenvalue weighted by molar-refractivity contribution is 5.85. The van der Waals surface area contributed by atoms with Gasteiger partial charge in [0.15, 0.2) is 0 Å². The molecule has 0 radical (unpaired) electrons. The first kappa shape index (κ1) is 16.5. The first-order valence-corrected chi connectivity index (χ1v) is 5.93. The second-order valence-corrected chi connectivity index (χ2v) is 4.48. The Balaban J connectivity index is 3.01. The topological polar surface area (TPSA) is 64.3 Å². The van der Waals surface area contributed by atoms with Gasteiger partial charge in [0.05, 0.1) is 12.2 Å². The maximum Gasteiger partial charge on any atom is 0.416 e. The van der Waals surface area contributed by atoms with E-state index in [1.807, 2.05) is 0 Å². The average Bonchev–Trinajstić information content (AvgIpc) is 2.37. The van der Waals surface area contributed by atoms with E-state index in [1.165, 1.54) is 26.2 Å². The maximum atomic E-state index is 12.5. The Hall–Kier alpha value is -1.60. The Bertz CT molecular complexity index is 460. The molecule has 1 atom stereocenters. The second-order valence-electron chi connectivity index (χ2n) is 4.48. The van der Waals surface area contributed by atoms with Crippen LogP contribution in [0.1, 0.15) is 18.1 Å². The zero-order chi connectivity index (χ0) is 15.4. The molecule has 0 aliphatic heterocycles. The molecule has 0 bridgehead atoms. The van der Waals surface area contributed by atoms with Crippen LogP contribution >= 0.6 is 0 Å². The molecule has 3 N–H and O–H groups in total. The number of nitrogens with one attached hydrogen (secondary N) is 1. The van der Waals surface area contributed by atoms with E-state index in [4.69, 9.17) is 10.5 Å². The average molecular weight is 290 g/mol. The quantitative estimate of drug-likeness (QED) is 0.783. The molecule has 1 unspecified atom stereocenters. The van der Waals surface area contributed by atoms with Crippen LogP contribution in [0, 0.1) is 0 Å². The number of methoxy groups -OCH3 is 1. The van der Waals surface area contributed by atoms with Crippen LogP contribution in [-0.4, -0.2) is 26.2 Å². The number of carbonyl (C=O) groups excluding carboxylic acids is 1. The molecule has 0 saturated heterocycles. The molecule has 0 fully saturated rings. The van der Waals surface area contributed by atoms with Crippen molar-refractivity contribution < 1.29 is 22.7 Å². The number of amides is 1. The number of ether oxygens (including phenoxy) is 1. The van der Waals surface area contributed by atoms with Gasteiger partial charge in [0.1, 0.15) is 5.54 Å². The Morgan fingerprint density at radius 1 is 1.25 bits per heavy atom. The van der Waals surface area contributed by atoms with E-state index in [0.717, 1.165) is 12.1 Å². The lowest BCUT2D eigenvalue weighted by molar-refractivity contribution is -0.137. The molecule has 20 heavy (non-hydrogen) atoms. The maximum absolute atomic E-state index is 12.5. The number of benzene rings is 1. The summed E-state index contributed by atoms with van der Waals surface area (Å²) >= 11 is 0. The number of hydrogen-bond donors (Lipinski definition) is 2. The number of halogens is 3. The Morgan fingerprint density at radius 3 is 2.15 bits per heavy atom. The van der Waals surface area contributed by atoms with Crippen molar-refractivity contribution in [2.75, 3.05) is 20.3 Å². The standard InChI is InChI=1S/C13H17F3N2O2/c1-12(11(17)19,18-7-8-20-2)9-3-5-10(6-4-9)13(14,15)16/h3-6,18H,7-8H2,1-2H3,(H2,17,19). The van der Waals surface area contributed by atoms with Gasteiger partial charge in [-0.05, 0) is 24.6 Å². The summed E-state index contributed by atoms with van der Waals surface area (Å²) in [6, 6.07) is 4.34. The smallest absolute Gasteiger partial charge is 0.383 e. The minimum atomic E-state index is -4.41. The highest BCUT2D eigenvalue weighted by Crippen LogP contribution is 2.30. The van der Waals surface area contributed by atoms with Gasteiger partial charge in [0.2, 0.25) is 5.91 Å². The third-order valence-corrected chi connectivity index (χ3v) is 3.07. The molecule has 1 amide bonds. The summed E-state index contributed by atoms with van der Waals surface area (Å²) < 4.78 is 42.4. The zero-order valence-electron chi connectivity index (χ0n) is 11.3. The normalized spacial score (nSPS) is 14.8. The summed E-state index contributed by atoms with van der Waals surface area (Å²) in [6.07, 6.45) is -4.41. The van der Waals surface area contributed by atoms with Crippen LogP contribution in [-0.2, 0) is 21.2 Å². The number of rotatable bonds is 6. The summed E-state index contributed by atoms with van der Waals surface area (Å²) in [5, 5.41) is 2.89. The van der Waals surface area contributed by atoms with E-state index in [2.05, 4.69) is 5.32 Å². The summed E-state index contributed by atoms with van der Waals surface area (Å²) in [4.78, 5) is 11.6. The van der Waals surface area contributed by atoms with Crippen LogP contribution in [0.4, 0.5) is 13.2 Å². The number of primary amides is 1. The van der Waals surface area contributed by atoms with Crippen molar-refractivity contribution in [2.45, 2.75) is 18.6 Å². The van der Waals surface area contributed by atoms with Gasteiger partial charge in [-0.1, -0.05) is 12.1 Å². The minimum Gasteiger partial charge on any atom is -0.383 e. The number of hydrogen-bond acceptors (Lipinski definition) is 3. The monoisotopic (exact) mass is 290 g/mol. The van der Waals surface area contributed by atoms with Crippen molar-refractivity contribution in [2.24, 2.45) is 5.73 Å². The lowest BCUT2D eigenvalue weighted by atomic mass is 9.90. The van der Waals surface area contributed by atoms with Crippen molar-refractivity contribution >= 4 is 5.91 Å². The van der Waals surface area contributed by atoms with E-state index in [9.17, 15) is 18.0 Å². The third-order valence-electron chi connectivity index (χ3n) is 3.07. The molecule has 0 heterocycles. The zero-order valence-corrected chi connectivity index (χ0v) is 11.3.